The lowest BCUT2D eigenvalue weighted by atomic mass is 10.1. The fourth-order valence-corrected chi connectivity index (χ4v) is 1.97. The summed E-state index contributed by atoms with van der Waals surface area (Å²) in [5, 5.41) is 6.66. The number of hydrogen-bond donors (Lipinski definition) is 2. The number of nitrogens with zero attached hydrogens (tertiary/aromatic N) is 1. The van der Waals surface area contributed by atoms with Gasteiger partial charge in [-0.15, -0.1) is 0 Å². The topological polar surface area (TPSA) is 36.4 Å². The smallest absolute Gasteiger partial charge is 0.191 e. The van der Waals surface area contributed by atoms with E-state index in [0.29, 0.717) is 12.6 Å². The van der Waals surface area contributed by atoms with Gasteiger partial charge in [-0.2, -0.15) is 0 Å². The predicted molar refractivity (Wildman–Crippen MR) is 76.8 cm³/mol. The Morgan fingerprint density at radius 1 is 1.37 bits per heavy atom. The van der Waals surface area contributed by atoms with Gasteiger partial charge in [-0.05, 0) is 43.4 Å². The molecule has 1 aliphatic carbocycles. The molecule has 0 aliphatic heterocycles. The van der Waals surface area contributed by atoms with Crippen molar-refractivity contribution in [2.24, 2.45) is 10.9 Å². The number of benzene rings is 1. The van der Waals surface area contributed by atoms with Gasteiger partial charge in [0.2, 0.25) is 0 Å². The predicted octanol–water partition coefficient (Wildman–Crippen LogP) is 2.33. The van der Waals surface area contributed by atoms with Crippen LogP contribution in [0.15, 0.2) is 29.3 Å². The first-order chi connectivity index (χ1) is 9.19. The number of nitrogens with one attached hydrogen (secondary N) is 2. The molecular weight excluding hydrogens is 241 g/mol. The lowest BCUT2D eigenvalue weighted by Gasteiger charge is -2.10. The Bertz CT molecular complexity index is 428. The Morgan fingerprint density at radius 3 is 2.63 bits per heavy atom. The van der Waals surface area contributed by atoms with E-state index in [4.69, 9.17) is 0 Å². The molecule has 0 radical (unpaired) electrons. The highest BCUT2D eigenvalue weighted by molar-refractivity contribution is 5.80. The summed E-state index contributed by atoms with van der Waals surface area (Å²) in [6.07, 6.45) is 2.06. The Balaban J connectivity index is 1.81. The third kappa shape index (κ3) is 4.54. The quantitative estimate of drug-likeness (QED) is 0.632. The molecule has 2 rings (SSSR count). The molecule has 1 aromatic rings. The third-order valence-corrected chi connectivity index (χ3v) is 3.36. The molecule has 1 saturated carbocycles. The van der Waals surface area contributed by atoms with E-state index >= 15 is 0 Å². The number of aliphatic imine (C=N–C) groups is 1. The van der Waals surface area contributed by atoms with Crippen LogP contribution in [0.4, 0.5) is 4.39 Å². The standard InChI is InChI=1S/C15H22FN3/c1-3-17-15(19-14-10-11(14)2)18-9-8-12-4-6-13(16)7-5-12/h4-7,11,14H,3,8-10H2,1-2H3,(H2,17,18,19). The third-order valence-electron chi connectivity index (χ3n) is 3.36. The molecule has 2 N–H and O–H groups in total. The average molecular weight is 263 g/mol. The van der Waals surface area contributed by atoms with Gasteiger partial charge in [0.05, 0.1) is 0 Å². The molecule has 3 nitrogen and oxygen atoms in total. The van der Waals surface area contributed by atoms with E-state index < -0.39 is 0 Å². The van der Waals surface area contributed by atoms with Gasteiger partial charge >= 0.3 is 0 Å². The van der Waals surface area contributed by atoms with E-state index in [1.54, 1.807) is 0 Å². The van der Waals surface area contributed by atoms with Crippen LogP contribution in [0.3, 0.4) is 0 Å². The minimum absolute atomic E-state index is 0.190. The van der Waals surface area contributed by atoms with Gasteiger partial charge < -0.3 is 10.6 Å². The molecular formula is C15H22FN3. The van der Waals surface area contributed by atoms with Crippen molar-refractivity contribution in [2.75, 3.05) is 13.1 Å². The molecule has 19 heavy (non-hydrogen) atoms. The Morgan fingerprint density at radius 2 is 2.05 bits per heavy atom. The maximum Gasteiger partial charge on any atom is 0.191 e. The van der Waals surface area contributed by atoms with Crippen molar-refractivity contribution in [3.63, 3.8) is 0 Å². The SMILES string of the molecule is CCNC(=NCCc1ccc(F)cc1)NC1CC1C. The lowest BCUT2D eigenvalue weighted by Crippen LogP contribution is -2.39. The van der Waals surface area contributed by atoms with E-state index in [1.165, 1.54) is 18.6 Å². The van der Waals surface area contributed by atoms with Gasteiger partial charge in [0, 0.05) is 19.1 Å². The van der Waals surface area contributed by atoms with E-state index in [2.05, 4.69) is 29.5 Å². The van der Waals surface area contributed by atoms with Gasteiger partial charge in [0.15, 0.2) is 5.96 Å². The van der Waals surface area contributed by atoms with Gasteiger partial charge in [-0.3, -0.25) is 4.99 Å². The molecule has 2 atom stereocenters. The van der Waals surface area contributed by atoms with E-state index in [9.17, 15) is 4.39 Å². The summed E-state index contributed by atoms with van der Waals surface area (Å²) in [6.45, 7) is 5.87. The van der Waals surface area contributed by atoms with Crippen molar-refractivity contribution >= 4 is 5.96 Å². The van der Waals surface area contributed by atoms with Crippen LogP contribution >= 0.6 is 0 Å². The highest BCUT2D eigenvalue weighted by atomic mass is 19.1. The van der Waals surface area contributed by atoms with Crippen LogP contribution in [0.2, 0.25) is 0 Å². The van der Waals surface area contributed by atoms with Gasteiger partial charge in [0.25, 0.3) is 0 Å². The molecule has 0 bridgehead atoms. The summed E-state index contributed by atoms with van der Waals surface area (Å²) in [5.41, 5.74) is 1.11. The Labute approximate surface area is 114 Å². The summed E-state index contributed by atoms with van der Waals surface area (Å²) in [5.74, 6) is 1.45. The highest BCUT2D eigenvalue weighted by Gasteiger charge is 2.33. The Hall–Kier alpha value is -1.58. The summed E-state index contributed by atoms with van der Waals surface area (Å²) < 4.78 is 12.8. The Kier molecular flexibility index (Phi) is 4.77. The van der Waals surface area contributed by atoms with Gasteiger partial charge in [-0.25, -0.2) is 4.39 Å². The van der Waals surface area contributed by atoms with Crippen LogP contribution in [0.25, 0.3) is 0 Å². The second-order valence-electron chi connectivity index (χ2n) is 5.10. The number of halogens is 1. The van der Waals surface area contributed by atoms with Crippen molar-refractivity contribution in [1.29, 1.82) is 0 Å². The monoisotopic (exact) mass is 263 g/mol. The maximum absolute atomic E-state index is 12.8. The zero-order valence-corrected chi connectivity index (χ0v) is 11.6. The number of hydrogen-bond acceptors (Lipinski definition) is 1. The van der Waals surface area contributed by atoms with Crippen LogP contribution in [0.5, 0.6) is 0 Å². The van der Waals surface area contributed by atoms with Crippen molar-refractivity contribution in [3.8, 4) is 0 Å². The summed E-state index contributed by atoms with van der Waals surface area (Å²) >= 11 is 0. The van der Waals surface area contributed by atoms with Crippen molar-refractivity contribution in [1.82, 2.24) is 10.6 Å². The molecule has 0 aromatic heterocycles. The lowest BCUT2D eigenvalue weighted by molar-refractivity contribution is 0.627. The van der Waals surface area contributed by atoms with Gasteiger partial charge in [-0.1, -0.05) is 19.1 Å². The zero-order chi connectivity index (χ0) is 13.7. The first-order valence-corrected chi connectivity index (χ1v) is 6.98. The summed E-state index contributed by atoms with van der Waals surface area (Å²) in [4.78, 5) is 4.55. The van der Waals surface area contributed by atoms with Crippen molar-refractivity contribution < 1.29 is 4.39 Å². The van der Waals surface area contributed by atoms with E-state index in [0.717, 1.165) is 30.4 Å². The normalized spacial score (nSPS) is 22.2. The van der Waals surface area contributed by atoms with Crippen LogP contribution in [0, 0.1) is 11.7 Å². The van der Waals surface area contributed by atoms with Crippen LogP contribution in [0.1, 0.15) is 25.8 Å². The van der Waals surface area contributed by atoms with Crippen LogP contribution in [-0.2, 0) is 6.42 Å². The molecule has 104 valence electrons. The van der Waals surface area contributed by atoms with Crippen molar-refractivity contribution in [2.45, 2.75) is 32.7 Å². The molecule has 0 saturated heterocycles. The number of guanidine groups is 1. The molecule has 0 spiro atoms. The van der Waals surface area contributed by atoms with Crippen LogP contribution in [-0.4, -0.2) is 25.1 Å². The van der Waals surface area contributed by atoms with E-state index in [1.807, 2.05) is 12.1 Å². The number of rotatable bonds is 5. The maximum atomic E-state index is 12.8. The van der Waals surface area contributed by atoms with Crippen molar-refractivity contribution in [3.05, 3.63) is 35.6 Å². The zero-order valence-electron chi connectivity index (χ0n) is 11.6. The molecule has 1 aliphatic rings. The molecule has 0 amide bonds. The fraction of sp³-hybridized carbons (Fsp3) is 0.533. The summed E-state index contributed by atoms with van der Waals surface area (Å²) in [6, 6.07) is 7.19. The molecule has 1 aromatic carbocycles. The second kappa shape index (κ2) is 6.55. The average Bonchev–Trinajstić information content (AvgIpc) is 3.07. The summed E-state index contributed by atoms with van der Waals surface area (Å²) in [7, 11) is 0. The largest absolute Gasteiger partial charge is 0.357 e. The van der Waals surface area contributed by atoms with E-state index in [-0.39, 0.29) is 5.82 Å². The highest BCUT2D eigenvalue weighted by Crippen LogP contribution is 2.28. The minimum Gasteiger partial charge on any atom is -0.357 e. The minimum atomic E-state index is -0.190. The van der Waals surface area contributed by atoms with Gasteiger partial charge in [0.1, 0.15) is 5.82 Å². The molecule has 0 heterocycles. The molecule has 2 unspecified atom stereocenters. The fourth-order valence-electron chi connectivity index (χ4n) is 1.97. The molecule has 1 fully saturated rings. The second-order valence-corrected chi connectivity index (χ2v) is 5.10. The molecule has 4 heteroatoms. The first kappa shape index (κ1) is 13.8. The first-order valence-electron chi connectivity index (χ1n) is 6.98. The van der Waals surface area contributed by atoms with Crippen LogP contribution < -0.4 is 10.6 Å².